The summed E-state index contributed by atoms with van der Waals surface area (Å²) in [6.07, 6.45) is 0.973. The Morgan fingerprint density at radius 3 is 2.63 bits per heavy atom. The SMILES string of the molecule is CCNC(=NCC(C)CO)NCCc1ccccc1. The highest BCUT2D eigenvalue weighted by Gasteiger charge is 2.01. The molecule has 0 amide bonds. The topological polar surface area (TPSA) is 56.7 Å². The van der Waals surface area contributed by atoms with E-state index in [2.05, 4.69) is 39.9 Å². The van der Waals surface area contributed by atoms with Gasteiger partial charge in [0.2, 0.25) is 0 Å². The van der Waals surface area contributed by atoms with E-state index in [1.807, 2.05) is 19.9 Å². The van der Waals surface area contributed by atoms with Crippen molar-refractivity contribution in [2.45, 2.75) is 20.3 Å². The van der Waals surface area contributed by atoms with Crippen LogP contribution in [0.2, 0.25) is 0 Å². The quantitative estimate of drug-likeness (QED) is 0.515. The maximum atomic E-state index is 8.99. The van der Waals surface area contributed by atoms with E-state index in [1.165, 1.54) is 5.56 Å². The molecule has 1 unspecified atom stereocenters. The van der Waals surface area contributed by atoms with Crippen LogP contribution in [0.25, 0.3) is 0 Å². The Morgan fingerprint density at radius 1 is 1.26 bits per heavy atom. The third-order valence-electron chi connectivity index (χ3n) is 2.77. The number of hydrogen-bond acceptors (Lipinski definition) is 2. The third-order valence-corrected chi connectivity index (χ3v) is 2.77. The number of aliphatic imine (C=N–C) groups is 1. The van der Waals surface area contributed by atoms with Crippen molar-refractivity contribution in [3.8, 4) is 0 Å². The monoisotopic (exact) mass is 263 g/mol. The van der Waals surface area contributed by atoms with E-state index in [0.717, 1.165) is 25.5 Å². The van der Waals surface area contributed by atoms with Crippen molar-refractivity contribution in [3.05, 3.63) is 35.9 Å². The smallest absolute Gasteiger partial charge is 0.191 e. The summed E-state index contributed by atoms with van der Waals surface area (Å²) < 4.78 is 0. The van der Waals surface area contributed by atoms with E-state index in [0.29, 0.717) is 6.54 Å². The molecule has 0 heterocycles. The van der Waals surface area contributed by atoms with E-state index in [1.54, 1.807) is 0 Å². The molecule has 1 aromatic rings. The molecule has 0 aliphatic carbocycles. The van der Waals surface area contributed by atoms with Crippen molar-refractivity contribution in [2.75, 3.05) is 26.2 Å². The normalized spacial score (nSPS) is 13.1. The first-order valence-electron chi connectivity index (χ1n) is 6.93. The summed E-state index contributed by atoms with van der Waals surface area (Å²) >= 11 is 0. The Bertz CT molecular complexity index is 365. The number of nitrogens with zero attached hydrogens (tertiary/aromatic N) is 1. The molecule has 0 aliphatic heterocycles. The summed E-state index contributed by atoms with van der Waals surface area (Å²) in [5, 5.41) is 15.5. The fourth-order valence-electron chi connectivity index (χ4n) is 1.62. The van der Waals surface area contributed by atoms with Crippen LogP contribution in [0.1, 0.15) is 19.4 Å². The van der Waals surface area contributed by atoms with Crippen LogP contribution in [0.15, 0.2) is 35.3 Å². The molecule has 19 heavy (non-hydrogen) atoms. The molecule has 1 rings (SSSR count). The second-order valence-electron chi connectivity index (χ2n) is 4.67. The van der Waals surface area contributed by atoms with Gasteiger partial charge in [0.15, 0.2) is 5.96 Å². The van der Waals surface area contributed by atoms with E-state index < -0.39 is 0 Å². The average Bonchev–Trinajstić information content (AvgIpc) is 2.45. The molecular weight excluding hydrogens is 238 g/mol. The molecule has 0 radical (unpaired) electrons. The third kappa shape index (κ3) is 6.82. The highest BCUT2D eigenvalue weighted by molar-refractivity contribution is 5.79. The van der Waals surface area contributed by atoms with Gasteiger partial charge in [-0.05, 0) is 24.8 Å². The number of benzene rings is 1. The molecule has 0 spiro atoms. The van der Waals surface area contributed by atoms with Crippen LogP contribution < -0.4 is 10.6 Å². The highest BCUT2D eigenvalue weighted by Crippen LogP contribution is 1.98. The molecule has 1 atom stereocenters. The number of aliphatic hydroxyl groups is 1. The van der Waals surface area contributed by atoms with Crippen LogP contribution in [0.4, 0.5) is 0 Å². The van der Waals surface area contributed by atoms with Gasteiger partial charge < -0.3 is 15.7 Å². The molecule has 0 saturated carbocycles. The first-order valence-corrected chi connectivity index (χ1v) is 6.93. The van der Waals surface area contributed by atoms with Gasteiger partial charge in [-0.3, -0.25) is 4.99 Å². The average molecular weight is 263 g/mol. The molecule has 0 aromatic heterocycles. The van der Waals surface area contributed by atoms with E-state index in [9.17, 15) is 0 Å². The first kappa shape index (κ1) is 15.5. The zero-order valence-electron chi connectivity index (χ0n) is 11.9. The molecule has 0 bridgehead atoms. The Kier molecular flexibility index (Phi) is 7.66. The lowest BCUT2D eigenvalue weighted by Gasteiger charge is -2.12. The maximum absolute atomic E-state index is 8.99. The molecular formula is C15H25N3O. The molecule has 3 N–H and O–H groups in total. The van der Waals surface area contributed by atoms with Crippen molar-refractivity contribution in [2.24, 2.45) is 10.9 Å². The van der Waals surface area contributed by atoms with E-state index in [4.69, 9.17) is 5.11 Å². The molecule has 106 valence electrons. The fraction of sp³-hybridized carbons (Fsp3) is 0.533. The lowest BCUT2D eigenvalue weighted by Crippen LogP contribution is -2.38. The Balaban J connectivity index is 2.37. The standard InChI is InChI=1S/C15H25N3O/c1-3-16-15(18-11-13(2)12-19)17-10-9-14-7-5-4-6-8-14/h4-8,13,19H,3,9-12H2,1-2H3,(H2,16,17,18). The van der Waals surface area contributed by atoms with Gasteiger partial charge in [-0.15, -0.1) is 0 Å². The minimum Gasteiger partial charge on any atom is -0.396 e. The fourth-order valence-corrected chi connectivity index (χ4v) is 1.62. The van der Waals surface area contributed by atoms with Gasteiger partial charge in [-0.25, -0.2) is 0 Å². The Labute approximate surface area is 116 Å². The summed E-state index contributed by atoms with van der Waals surface area (Å²) in [4.78, 5) is 4.45. The van der Waals surface area contributed by atoms with Gasteiger partial charge >= 0.3 is 0 Å². The predicted octanol–water partition coefficient (Wildman–Crippen LogP) is 1.41. The summed E-state index contributed by atoms with van der Waals surface area (Å²) in [6.45, 7) is 6.53. The lowest BCUT2D eigenvalue weighted by atomic mass is 10.1. The van der Waals surface area contributed by atoms with Crippen LogP contribution in [0, 0.1) is 5.92 Å². The van der Waals surface area contributed by atoms with Gasteiger partial charge in [0.05, 0.1) is 0 Å². The van der Waals surface area contributed by atoms with Crippen LogP contribution >= 0.6 is 0 Å². The van der Waals surface area contributed by atoms with Crippen molar-refractivity contribution in [1.29, 1.82) is 0 Å². The zero-order chi connectivity index (χ0) is 13.9. The van der Waals surface area contributed by atoms with Gasteiger partial charge in [0.1, 0.15) is 0 Å². The number of nitrogens with one attached hydrogen (secondary N) is 2. The Morgan fingerprint density at radius 2 is 2.00 bits per heavy atom. The maximum Gasteiger partial charge on any atom is 0.191 e. The second-order valence-corrected chi connectivity index (χ2v) is 4.67. The van der Waals surface area contributed by atoms with Crippen molar-refractivity contribution < 1.29 is 5.11 Å². The zero-order valence-corrected chi connectivity index (χ0v) is 11.9. The molecule has 0 aliphatic rings. The number of guanidine groups is 1. The van der Waals surface area contributed by atoms with Crippen LogP contribution in [-0.4, -0.2) is 37.3 Å². The molecule has 4 nitrogen and oxygen atoms in total. The van der Waals surface area contributed by atoms with Gasteiger partial charge in [0, 0.05) is 26.2 Å². The minimum absolute atomic E-state index is 0.174. The first-order chi connectivity index (χ1) is 9.26. The summed E-state index contributed by atoms with van der Waals surface area (Å²) in [6, 6.07) is 10.4. The lowest BCUT2D eigenvalue weighted by molar-refractivity contribution is 0.241. The summed E-state index contributed by atoms with van der Waals surface area (Å²) in [7, 11) is 0. The van der Waals surface area contributed by atoms with Crippen LogP contribution in [-0.2, 0) is 6.42 Å². The molecule has 0 fully saturated rings. The number of hydrogen-bond donors (Lipinski definition) is 3. The molecule has 1 aromatic carbocycles. The van der Waals surface area contributed by atoms with E-state index >= 15 is 0 Å². The van der Waals surface area contributed by atoms with Crippen molar-refractivity contribution >= 4 is 5.96 Å². The van der Waals surface area contributed by atoms with Gasteiger partial charge in [-0.2, -0.15) is 0 Å². The van der Waals surface area contributed by atoms with Crippen molar-refractivity contribution in [3.63, 3.8) is 0 Å². The highest BCUT2D eigenvalue weighted by atomic mass is 16.3. The van der Waals surface area contributed by atoms with E-state index in [-0.39, 0.29) is 12.5 Å². The van der Waals surface area contributed by atoms with Gasteiger partial charge in [-0.1, -0.05) is 37.3 Å². The molecule has 0 saturated heterocycles. The van der Waals surface area contributed by atoms with Crippen LogP contribution in [0.3, 0.4) is 0 Å². The minimum atomic E-state index is 0.174. The second kappa shape index (κ2) is 9.39. The summed E-state index contributed by atoms with van der Waals surface area (Å²) in [5.74, 6) is 1.02. The van der Waals surface area contributed by atoms with Crippen LogP contribution in [0.5, 0.6) is 0 Å². The van der Waals surface area contributed by atoms with Crippen molar-refractivity contribution in [1.82, 2.24) is 10.6 Å². The predicted molar refractivity (Wildman–Crippen MR) is 80.4 cm³/mol. The number of rotatable bonds is 7. The van der Waals surface area contributed by atoms with Gasteiger partial charge in [0.25, 0.3) is 0 Å². The largest absolute Gasteiger partial charge is 0.396 e. The number of aliphatic hydroxyl groups excluding tert-OH is 1. The Hall–Kier alpha value is -1.55. The molecule has 4 heteroatoms. The summed E-state index contributed by atoms with van der Waals surface area (Å²) in [5.41, 5.74) is 1.31.